The summed E-state index contributed by atoms with van der Waals surface area (Å²) in [5, 5.41) is 5.64. The number of nitrogens with zero attached hydrogens (tertiary/aromatic N) is 1. The van der Waals surface area contributed by atoms with E-state index >= 15 is 0 Å². The first-order chi connectivity index (χ1) is 9.59. The van der Waals surface area contributed by atoms with Crippen LogP contribution in [0.2, 0.25) is 0 Å². The number of alkyl halides is 3. The van der Waals surface area contributed by atoms with Gasteiger partial charge in [-0.2, -0.15) is 13.2 Å². The van der Waals surface area contributed by atoms with Crippen molar-refractivity contribution >= 4 is 17.3 Å². The first-order valence-electron chi connectivity index (χ1n) is 6.16. The molecule has 0 aliphatic heterocycles. The summed E-state index contributed by atoms with van der Waals surface area (Å²) in [5.74, 6) is -2.02. The lowest BCUT2D eigenvalue weighted by atomic mass is 9.94. The predicted molar refractivity (Wildman–Crippen MR) is 74.6 cm³/mol. The number of carbonyl (C=O) groups excluding carboxylic acids is 1. The summed E-state index contributed by atoms with van der Waals surface area (Å²) < 4.78 is 37.3. The molecule has 0 fully saturated rings. The number of benzene rings is 1. The van der Waals surface area contributed by atoms with Crippen molar-refractivity contribution in [2.45, 2.75) is 33.9 Å². The molecule has 1 amide bonds. The number of oxime groups is 1. The average Bonchev–Trinajstić information content (AvgIpc) is 2.35. The van der Waals surface area contributed by atoms with Gasteiger partial charge in [-0.25, -0.2) is 0 Å². The lowest BCUT2D eigenvalue weighted by Gasteiger charge is -2.18. The fourth-order valence-corrected chi connectivity index (χ4v) is 2.02. The number of amides is 1. The number of aryl methyl sites for hydroxylation is 1. The molecule has 7 heteroatoms. The molecule has 0 unspecified atom stereocenters. The molecule has 1 aromatic carbocycles. The Bertz CT molecular complexity index is 593. The molecule has 0 aliphatic rings. The quantitative estimate of drug-likeness (QED) is 0.686. The second-order valence-corrected chi connectivity index (χ2v) is 4.68. The van der Waals surface area contributed by atoms with E-state index in [1.165, 1.54) is 13.2 Å². The third-order valence-electron chi connectivity index (χ3n) is 3.25. The third kappa shape index (κ3) is 3.74. The number of anilines is 1. The largest absolute Gasteiger partial charge is 0.471 e. The molecule has 1 rings (SSSR count). The maximum Gasteiger partial charge on any atom is 0.471 e. The first-order valence-corrected chi connectivity index (χ1v) is 6.16. The zero-order chi connectivity index (χ0) is 16.4. The number of carbonyl (C=O) groups is 1. The van der Waals surface area contributed by atoms with Crippen molar-refractivity contribution in [2.75, 3.05) is 12.4 Å². The molecule has 0 aromatic heterocycles. The van der Waals surface area contributed by atoms with Crippen LogP contribution in [-0.2, 0) is 9.63 Å². The van der Waals surface area contributed by atoms with Gasteiger partial charge in [0.1, 0.15) is 7.11 Å². The second-order valence-electron chi connectivity index (χ2n) is 4.68. The molecule has 0 saturated heterocycles. The van der Waals surface area contributed by atoms with Gasteiger partial charge >= 0.3 is 12.1 Å². The van der Waals surface area contributed by atoms with Gasteiger partial charge in [-0.3, -0.25) is 4.79 Å². The molecule has 1 aromatic rings. The normalized spacial score (nSPS) is 12.3. The Hall–Kier alpha value is -2.05. The van der Waals surface area contributed by atoms with Gasteiger partial charge in [-0.1, -0.05) is 5.16 Å². The Kier molecular flexibility index (Phi) is 4.98. The van der Waals surface area contributed by atoms with E-state index in [0.717, 1.165) is 16.7 Å². The third-order valence-corrected chi connectivity index (χ3v) is 3.25. The monoisotopic (exact) mass is 302 g/mol. The van der Waals surface area contributed by atoms with Gasteiger partial charge in [0.2, 0.25) is 0 Å². The van der Waals surface area contributed by atoms with Gasteiger partial charge in [0.15, 0.2) is 0 Å². The predicted octanol–water partition coefficient (Wildman–Crippen LogP) is 3.48. The summed E-state index contributed by atoms with van der Waals surface area (Å²) in [6, 6.07) is 1.50. The molecule has 0 heterocycles. The Morgan fingerprint density at radius 3 is 2.29 bits per heavy atom. The zero-order valence-electron chi connectivity index (χ0n) is 12.5. The number of hydrogen-bond acceptors (Lipinski definition) is 3. The van der Waals surface area contributed by atoms with Gasteiger partial charge in [0.25, 0.3) is 0 Å². The van der Waals surface area contributed by atoms with Crippen molar-refractivity contribution < 1.29 is 22.8 Å². The summed E-state index contributed by atoms with van der Waals surface area (Å²) in [4.78, 5) is 15.8. The minimum absolute atomic E-state index is 0.0659. The molecule has 0 saturated carbocycles. The van der Waals surface area contributed by atoms with Gasteiger partial charge in [0, 0.05) is 5.56 Å². The Labute approximate surface area is 121 Å². The van der Waals surface area contributed by atoms with Gasteiger partial charge in [-0.05, 0) is 50.5 Å². The van der Waals surface area contributed by atoms with Crippen molar-refractivity contribution in [1.82, 2.24) is 0 Å². The molecule has 0 spiro atoms. The van der Waals surface area contributed by atoms with Crippen molar-refractivity contribution in [3.8, 4) is 0 Å². The standard InChI is InChI=1S/C14H17F3N2O2/c1-7-6-11(18-13(20)14(15,16)17)12(9(3)8(7)2)10(4)19-21-5/h6H,1-5H3,(H,18,20)/b19-10+. The summed E-state index contributed by atoms with van der Waals surface area (Å²) in [5.41, 5.74) is 3.31. The minimum Gasteiger partial charge on any atom is -0.399 e. The number of hydrogen-bond donors (Lipinski definition) is 1. The van der Waals surface area contributed by atoms with Crippen LogP contribution >= 0.6 is 0 Å². The highest BCUT2D eigenvalue weighted by atomic mass is 19.4. The Morgan fingerprint density at radius 2 is 1.81 bits per heavy atom. The van der Waals surface area contributed by atoms with Crippen LogP contribution in [-0.4, -0.2) is 24.9 Å². The van der Waals surface area contributed by atoms with Crippen LogP contribution in [0.5, 0.6) is 0 Å². The van der Waals surface area contributed by atoms with Crippen LogP contribution in [0.1, 0.15) is 29.2 Å². The number of halogens is 3. The molecule has 116 valence electrons. The van der Waals surface area contributed by atoms with Gasteiger partial charge in [-0.15, -0.1) is 0 Å². The van der Waals surface area contributed by atoms with E-state index in [1.807, 2.05) is 12.2 Å². The Morgan fingerprint density at radius 1 is 1.24 bits per heavy atom. The van der Waals surface area contributed by atoms with Gasteiger partial charge in [0.05, 0.1) is 11.4 Å². The second kappa shape index (κ2) is 6.15. The fourth-order valence-electron chi connectivity index (χ4n) is 2.02. The van der Waals surface area contributed by atoms with Crippen LogP contribution in [0.15, 0.2) is 11.2 Å². The molecule has 0 atom stereocenters. The van der Waals surface area contributed by atoms with Crippen LogP contribution in [0.3, 0.4) is 0 Å². The zero-order valence-corrected chi connectivity index (χ0v) is 12.5. The number of nitrogens with one attached hydrogen (secondary N) is 1. The van der Waals surface area contributed by atoms with E-state index in [1.54, 1.807) is 20.8 Å². The van der Waals surface area contributed by atoms with E-state index in [2.05, 4.69) is 9.99 Å². The fraction of sp³-hybridized carbons (Fsp3) is 0.429. The van der Waals surface area contributed by atoms with Crippen molar-refractivity contribution in [2.24, 2.45) is 5.16 Å². The average molecular weight is 302 g/mol. The minimum atomic E-state index is -4.95. The molecule has 4 nitrogen and oxygen atoms in total. The van der Waals surface area contributed by atoms with E-state index in [9.17, 15) is 18.0 Å². The topological polar surface area (TPSA) is 50.7 Å². The highest BCUT2D eigenvalue weighted by Crippen LogP contribution is 2.28. The summed E-state index contributed by atoms with van der Waals surface area (Å²) in [6.07, 6.45) is -4.95. The highest BCUT2D eigenvalue weighted by Gasteiger charge is 2.39. The molecule has 0 aliphatic carbocycles. The maximum absolute atomic E-state index is 12.4. The molecule has 21 heavy (non-hydrogen) atoms. The van der Waals surface area contributed by atoms with Crippen LogP contribution < -0.4 is 5.32 Å². The van der Waals surface area contributed by atoms with E-state index in [-0.39, 0.29) is 5.69 Å². The van der Waals surface area contributed by atoms with E-state index < -0.39 is 12.1 Å². The van der Waals surface area contributed by atoms with Crippen molar-refractivity contribution in [3.05, 3.63) is 28.3 Å². The molecular weight excluding hydrogens is 285 g/mol. The summed E-state index contributed by atoms with van der Waals surface area (Å²) in [6.45, 7) is 6.97. The molecular formula is C14H17F3N2O2. The molecule has 1 N–H and O–H groups in total. The summed E-state index contributed by atoms with van der Waals surface area (Å²) in [7, 11) is 1.34. The van der Waals surface area contributed by atoms with E-state index in [0.29, 0.717) is 11.3 Å². The van der Waals surface area contributed by atoms with Crippen LogP contribution in [0, 0.1) is 20.8 Å². The first kappa shape index (κ1) is 17.0. The van der Waals surface area contributed by atoms with Crippen LogP contribution in [0.4, 0.5) is 18.9 Å². The van der Waals surface area contributed by atoms with Gasteiger partial charge < -0.3 is 10.2 Å². The number of rotatable bonds is 3. The lowest BCUT2D eigenvalue weighted by Crippen LogP contribution is -2.30. The van der Waals surface area contributed by atoms with Crippen LogP contribution in [0.25, 0.3) is 0 Å². The molecule has 0 radical (unpaired) electrons. The molecule has 0 bridgehead atoms. The van der Waals surface area contributed by atoms with Crippen molar-refractivity contribution in [3.63, 3.8) is 0 Å². The Balaban J connectivity index is 3.44. The van der Waals surface area contributed by atoms with E-state index in [4.69, 9.17) is 0 Å². The smallest absolute Gasteiger partial charge is 0.399 e. The SMILES string of the molecule is CO/N=C(\C)c1c(NC(=O)C(F)(F)F)cc(C)c(C)c1C. The summed E-state index contributed by atoms with van der Waals surface area (Å²) >= 11 is 0. The van der Waals surface area contributed by atoms with Crippen molar-refractivity contribution in [1.29, 1.82) is 0 Å². The lowest BCUT2D eigenvalue weighted by molar-refractivity contribution is -0.167. The highest BCUT2D eigenvalue weighted by molar-refractivity contribution is 6.08. The maximum atomic E-state index is 12.4.